The lowest BCUT2D eigenvalue weighted by Gasteiger charge is -2.30. The Balaban J connectivity index is 2.11. The number of aliphatic hydroxyl groups excluding tert-OH is 1. The largest absolute Gasteiger partial charge is 0.507 e. The second-order valence-corrected chi connectivity index (χ2v) is 10.9. The van der Waals surface area contributed by atoms with Crippen LogP contribution >= 0.6 is 0 Å². The van der Waals surface area contributed by atoms with Gasteiger partial charge in [-0.15, -0.1) is 0 Å². The normalized spacial score (nSPS) is 25.9. The number of cyclic esters (lactones) is 1. The standard InChI is InChI=1S/C31H35NO8/c1-6-17-7-9-19(33)21(13-15(2)3)40-30(39)31(5)12-11-22(35)32-26-25(31)29(38)23-18(28(26)37)14-16(4)27(36)24(23)20(34)10-8-17/h7,9,11-14,17,19,21,33,36-38H,6,8,10H2,1-5H3,(H,32,35)/b9-7+/t17-,19-,21-,31-/m0/s1. The first kappa shape index (κ1) is 28.9. The van der Waals surface area contributed by atoms with Gasteiger partial charge in [-0.1, -0.05) is 30.7 Å². The molecule has 0 aliphatic carbocycles. The third-order valence-electron chi connectivity index (χ3n) is 7.67. The summed E-state index contributed by atoms with van der Waals surface area (Å²) in [6, 6.07) is 1.41. The van der Waals surface area contributed by atoms with Gasteiger partial charge in [0.25, 0.3) is 0 Å². The molecule has 2 aromatic rings. The van der Waals surface area contributed by atoms with Gasteiger partial charge in [-0.3, -0.25) is 14.4 Å². The molecule has 0 spiro atoms. The molecule has 0 unspecified atom stereocenters. The topological polar surface area (TPSA) is 153 Å². The van der Waals surface area contributed by atoms with Crippen LogP contribution in [0.4, 0.5) is 5.69 Å². The third-order valence-corrected chi connectivity index (χ3v) is 7.67. The maximum atomic E-state index is 13.9. The van der Waals surface area contributed by atoms with Crippen molar-refractivity contribution in [2.45, 2.75) is 71.5 Å². The number of aromatic hydroxyl groups is 3. The molecule has 1 amide bonds. The van der Waals surface area contributed by atoms with E-state index in [1.807, 2.05) is 6.92 Å². The summed E-state index contributed by atoms with van der Waals surface area (Å²) in [5, 5.41) is 47.6. The van der Waals surface area contributed by atoms with Gasteiger partial charge in [0.1, 0.15) is 34.9 Å². The van der Waals surface area contributed by atoms with Gasteiger partial charge in [-0.2, -0.15) is 0 Å². The number of aliphatic hydroxyl groups is 1. The lowest BCUT2D eigenvalue weighted by molar-refractivity contribution is -0.154. The number of amides is 1. The first-order valence-electron chi connectivity index (χ1n) is 13.3. The van der Waals surface area contributed by atoms with E-state index in [4.69, 9.17) is 4.74 Å². The molecule has 212 valence electrons. The van der Waals surface area contributed by atoms with E-state index in [2.05, 4.69) is 5.32 Å². The van der Waals surface area contributed by atoms with Crippen LogP contribution in [0.1, 0.15) is 68.4 Å². The fraction of sp³-hybridized carbons (Fsp3) is 0.387. The van der Waals surface area contributed by atoms with Crippen LogP contribution in [0.25, 0.3) is 10.8 Å². The van der Waals surface area contributed by atoms with Crippen LogP contribution in [0, 0.1) is 12.8 Å². The molecule has 9 nitrogen and oxygen atoms in total. The summed E-state index contributed by atoms with van der Waals surface area (Å²) in [4.78, 5) is 40.1. The zero-order valence-electron chi connectivity index (χ0n) is 23.2. The average molecular weight is 550 g/mol. The van der Waals surface area contributed by atoms with Crippen molar-refractivity contribution in [2.24, 2.45) is 5.92 Å². The highest BCUT2D eigenvalue weighted by atomic mass is 16.6. The minimum Gasteiger partial charge on any atom is -0.507 e. The number of phenols is 3. The van der Waals surface area contributed by atoms with E-state index in [1.165, 1.54) is 25.1 Å². The maximum Gasteiger partial charge on any atom is 0.321 e. The smallest absolute Gasteiger partial charge is 0.321 e. The first-order chi connectivity index (χ1) is 18.8. The number of esters is 1. The molecule has 40 heavy (non-hydrogen) atoms. The Morgan fingerprint density at radius 3 is 2.48 bits per heavy atom. The number of ether oxygens (including phenoxy) is 1. The first-order valence-corrected chi connectivity index (χ1v) is 13.3. The van der Waals surface area contributed by atoms with Gasteiger partial charge in [0.15, 0.2) is 5.78 Å². The summed E-state index contributed by atoms with van der Waals surface area (Å²) in [5.41, 5.74) is -1.41. The zero-order chi connectivity index (χ0) is 29.5. The van der Waals surface area contributed by atoms with Crippen LogP contribution in [0.3, 0.4) is 0 Å². The van der Waals surface area contributed by atoms with Crippen molar-refractivity contribution in [1.82, 2.24) is 0 Å². The van der Waals surface area contributed by atoms with Crippen molar-refractivity contribution >= 4 is 34.1 Å². The molecule has 5 N–H and O–H groups in total. The van der Waals surface area contributed by atoms with E-state index in [0.717, 1.165) is 11.6 Å². The van der Waals surface area contributed by atoms with E-state index in [0.29, 0.717) is 12.8 Å². The molecule has 4 atom stereocenters. The lowest BCUT2D eigenvalue weighted by atomic mass is 9.78. The molecule has 9 heteroatoms. The predicted octanol–water partition coefficient (Wildman–Crippen LogP) is 4.83. The number of allylic oxidation sites excluding steroid dienone is 2. The molecule has 2 heterocycles. The van der Waals surface area contributed by atoms with Gasteiger partial charge < -0.3 is 30.5 Å². The third kappa shape index (κ3) is 4.97. The van der Waals surface area contributed by atoms with E-state index in [1.54, 1.807) is 32.9 Å². The number of Topliss-reactive ketones (excluding diaryl/α,β-unsaturated/α-hetero) is 1. The molecular weight excluding hydrogens is 514 g/mol. The van der Waals surface area contributed by atoms with Crippen molar-refractivity contribution in [1.29, 1.82) is 0 Å². The van der Waals surface area contributed by atoms with Crippen molar-refractivity contribution in [2.75, 3.05) is 5.32 Å². The van der Waals surface area contributed by atoms with Gasteiger partial charge in [0.2, 0.25) is 5.91 Å². The summed E-state index contributed by atoms with van der Waals surface area (Å²) in [7, 11) is 0. The Morgan fingerprint density at radius 2 is 1.82 bits per heavy atom. The van der Waals surface area contributed by atoms with Gasteiger partial charge in [0, 0.05) is 28.8 Å². The molecule has 2 aromatic carbocycles. The van der Waals surface area contributed by atoms with Gasteiger partial charge >= 0.3 is 5.97 Å². The van der Waals surface area contributed by atoms with Crippen LogP contribution in [-0.4, -0.2) is 50.3 Å². The molecule has 2 aliphatic rings. The second-order valence-electron chi connectivity index (χ2n) is 10.9. The highest BCUT2D eigenvalue weighted by molar-refractivity contribution is 6.18. The number of carbonyl (C=O) groups excluding carboxylic acids is 3. The minimum atomic E-state index is -1.85. The number of rotatable bonds is 2. The highest BCUT2D eigenvalue weighted by Gasteiger charge is 2.44. The monoisotopic (exact) mass is 549 g/mol. The molecule has 2 aliphatic heterocycles. The van der Waals surface area contributed by atoms with Crippen molar-refractivity contribution in [3.63, 3.8) is 0 Å². The Labute approximate surface area is 232 Å². The predicted molar refractivity (Wildman–Crippen MR) is 151 cm³/mol. The summed E-state index contributed by atoms with van der Waals surface area (Å²) >= 11 is 0. The Kier molecular flexibility index (Phi) is 7.81. The Hall–Kier alpha value is -4.11. The number of ketones is 1. The summed E-state index contributed by atoms with van der Waals surface area (Å²) in [6.07, 6.45) is 5.96. The van der Waals surface area contributed by atoms with Gasteiger partial charge in [-0.25, -0.2) is 0 Å². The number of aryl methyl sites for hydroxylation is 1. The van der Waals surface area contributed by atoms with Crippen LogP contribution in [0.5, 0.6) is 17.2 Å². The summed E-state index contributed by atoms with van der Waals surface area (Å²) in [5.74, 6) is -3.55. The van der Waals surface area contributed by atoms with Crippen LogP contribution in [0.15, 0.2) is 42.0 Å². The van der Waals surface area contributed by atoms with Crippen molar-refractivity contribution < 1.29 is 39.5 Å². The lowest BCUT2D eigenvalue weighted by Crippen LogP contribution is -2.38. The van der Waals surface area contributed by atoms with E-state index >= 15 is 0 Å². The highest BCUT2D eigenvalue weighted by Crippen LogP contribution is 2.53. The fourth-order valence-electron chi connectivity index (χ4n) is 5.33. The van der Waals surface area contributed by atoms with Crippen molar-refractivity contribution in [3.8, 4) is 17.2 Å². The van der Waals surface area contributed by atoms with Gasteiger partial charge in [-0.05, 0) is 64.2 Å². The van der Waals surface area contributed by atoms with Crippen LogP contribution in [0.2, 0.25) is 0 Å². The maximum absolute atomic E-state index is 13.9. The SMILES string of the molecule is CC[C@H]1/C=C/[C@H](O)[C@H](C=C(C)C)OC(=O)[C@@]2(C)C=CC(=O)Nc3c2c(O)c2c(c(O)c(C)cc2c3O)C(=O)CC1. The Bertz CT molecular complexity index is 1500. The molecule has 0 aromatic heterocycles. The molecular formula is C31H35NO8. The molecule has 0 saturated heterocycles. The molecule has 0 fully saturated rings. The van der Waals surface area contributed by atoms with Crippen molar-refractivity contribution in [3.05, 3.63) is 58.7 Å². The number of anilines is 1. The number of benzene rings is 2. The molecule has 4 rings (SSSR count). The molecule has 0 radical (unpaired) electrons. The molecule has 0 saturated carbocycles. The zero-order valence-corrected chi connectivity index (χ0v) is 23.2. The number of hydrogen-bond donors (Lipinski definition) is 5. The Morgan fingerprint density at radius 1 is 1.12 bits per heavy atom. The minimum absolute atomic E-state index is 0.00305. The number of hydrogen-bond acceptors (Lipinski definition) is 8. The summed E-state index contributed by atoms with van der Waals surface area (Å²) in [6.45, 7) is 8.47. The second kappa shape index (κ2) is 10.8. The van der Waals surface area contributed by atoms with E-state index < -0.39 is 46.8 Å². The van der Waals surface area contributed by atoms with E-state index in [-0.39, 0.29) is 51.2 Å². The van der Waals surface area contributed by atoms with Gasteiger partial charge in [0.05, 0.1) is 11.3 Å². The fourth-order valence-corrected chi connectivity index (χ4v) is 5.33. The van der Waals surface area contributed by atoms with Crippen LogP contribution < -0.4 is 5.32 Å². The quantitative estimate of drug-likeness (QED) is 0.155. The summed E-state index contributed by atoms with van der Waals surface area (Å²) < 4.78 is 5.81. The number of phenolic OH excluding ortho intramolecular Hbond substituents is 3. The average Bonchev–Trinajstić information content (AvgIpc) is 3.03. The number of carbonyl (C=O) groups is 3. The van der Waals surface area contributed by atoms with Crippen LogP contribution in [-0.2, 0) is 19.7 Å². The molecule has 2 bridgehead atoms. The number of nitrogens with one attached hydrogen (secondary N) is 1. The van der Waals surface area contributed by atoms with E-state index in [9.17, 15) is 34.8 Å².